The summed E-state index contributed by atoms with van der Waals surface area (Å²) in [5, 5.41) is 4.14. The number of aromatic nitrogens is 2. The number of fused-ring (bicyclic) bond motifs is 1. The molecule has 8 heteroatoms. The highest BCUT2D eigenvalue weighted by atomic mass is 32.1. The lowest BCUT2D eigenvalue weighted by Crippen LogP contribution is -2.18. The van der Waals surface area contributed by atoms with E-state index >= 15 is 0 Å². The summed E-state index contributed by atoms with van der Waals surface area (Å²) in [7, 11) is 0. The van der Waals surface area contributed by atoms with Crippen LogP contribution < -0.4 is 10.1 Å². The zero-order chi connectivity index (χ0) is 19.4. The van der Waals surface area contributed by atoms with E-state index in [4.69, 9.17) is 9.47 Å². The summed E-state index contributed by atoms with van der Waals surface area (Å²) >= 11 is 1.12. The van der Waals surface area contributed by atoms with Gasteiger partial charge in [-0.15, -0.1) is 0 Å². The molecule has 0 atom stereocenters. The molecule has 0 saturated heterocycles. The normalized spacial score (nSPS) is 10.8. The molecule has 27 heavy (non-hydrogen) atoms. The van der Waals surface area contributed by atoms with Crippen molar-refractivity contribution in [3.63, 3.8) is 0 Å². The summed E-state index contributed by atoms with van der Waals surface area (Å²) in [4.78, 5) is 28.9. The van der Waals surface area contributed by atoms with E-state index in [1.165, 1.54) is 0 Å². The molecule has 7 nitrogen and oxygen atoms in total. The van der Waals surface area contributed by atoms with Crippen LogP contribution >= 0.6 is 11.3 Å². The van der Waals surface area contributed by atoms with Gasteiger partial charge in [-0.25, -0.2) is 9.78 Å². The molecule has 3 aromatic rings. The molecular weight excluding hydrogens is 366 g/mol. The molecule has 0 fully saturated rings. The first-order chi connectivity index (χ1) is 13.0. The molecular formula is C19H21N3O4S. The molecule has 0 spiro atoms. The minimum absolute atomic E-state index is 0.144. The Labute approximate surface area is 160 Å². The van der Waals surface area contributed by atoms with Crippen LogP contribution in [0.1, 0.15) is 29.2 Å². The summed E-state index contributed by atoms with van der Waals surface area (Å²) in [6, 6.07) is 7.70. The molecule has 0 saturated carbocycles. The van der Waals surface area contributed by atoms with Gasteiger partial charge in [-0.1, -0.05) is 11.3 Å². The number of aryl methyl sites for hydroxylation is 1. The van der Waals surface area contributed by atoms with Gasteiger partial charge in [-0.05, 0) is 45.0 Å². The number of anilines is 1. The molecule has 0 radical (unpaired) electrons. The Morgan fingerprint density at radius 2 is 2.04 bits per heavy atom. The van der Waals surface area contributed by atoms with Gasteiger partial charge in [0, 0.05) is 17.1 Å². The van der Waals surface area contributed by atoms with E-state index in [9.17, 15) is 9.59 Å². The Hall–Kier alpha value is -2.87. The van der Waals surface area contributed by atoms with E-state index in [2.05, 4.69) is 10.3 Å². The fourth-order valence-electron chi connectivity index (χ4n) is 2.72. The van der Waals surface area contributed by atoms with Gasteiger partial charge in [0.1, 0.15) is 17.2 Å². The number of thiazole rings is 1. The quantitative estimate of drug-likeness (QED) is 0.626. The van der Waals surface area contributed by atoms with E-state index in [-0.39, 0.29) is 12.5 Å². The molecule has 142 valence electrons. The summed E-state index contributed by atoms with van der Waals surface area (Å²) in [6.07, 6.45) is 1.86. The summed E-state index contributed by atoms with van der Waals surface area (Å²) in [5.74, 6) is 0.164. The number of benzene rings is 1. The van der Waals surface area contributed by atoms with Crippen molar-refractivity contribution in [2.24, 2.45) is 0 Å². The van der Waals surface area contributed by atoms with Crippen molar-refractivity contribution in [1.29, 1.82) is 0 Å². The van der Waals surface area contributed by atoms with E-state index in [0.717, 1.165) is 28.0 Å². The zero-order valence-electron chi connectivity index (χ0n) is 15.4. The standard InChI is InChI=1S/C19H21N3O4S/c1-4-25-14-6-7-15-13(10-14)8-9-22(15)11-16(23)21-19-20-12(3)17(27-19)18(24)26-5-2/h6-10H,4-5,11H2,1-3H3,(H,20,21,23). The van der Waals surface area contributed by atoms with Crippen molar-refractivity contribution >= 4 is 39.2 Å². The average molecular weight is 387 g/mol. The SMILES string of the molecule is CCOC(=O)c1sc(NC(=O)Cn2ccc3cc(OCC)ccc32)nc1C. The second-order valence-electron chi connectivity index (χ2n) is 5.80. The summed E-state index contributed by atoms with van der Waals surface area (Å²) < 4.78 is 12.3. The zero-order valence-corrected chi connectivity index (χ0v) is 16.3. The maximum atomic E-state index is 12.4. The van der Waals surface area contributed by atoms with Gasteiger partial charge in [0.15, 0.2) is 5.13 Å². The molecule has 0 bridgehead atoms. The number of carbonyl (C=O) groups excluding carboxylic acids is 2. The number of carbonyl (C=O) groups is 2. The van der Waals surface area contributed by atoms with Gasteiger partial charge in [0.25, 0.3) is 0 Å². The van der Waals surface area contributed by atoms with Gasteiger partial charge >= 0.3 is 5.97 Å². The number of hydrogen-bond donors (Lipinski definition) is 1. The predicted molar refractivity (Wildman–Crippen MR) is 105 cm³/mol. The van der Waals surface area contributed by atoms with Gasteiger partial charge in [0.2, 0.25) is 5.91 Å². The average Bonchev–Trinajstić information content (AvgIpc) is 3.18. The Balaban J connectivity index is 1.70. The van der Waals surface area contributed by atoms with E-state index in [1.807, 2.05) is 42.0 Å². The molecule has 2 aromatic heterocycles. The monoisotopic (exact) mass is 387 g/mol. The van der Waals surface area contributed by atoms with Crippen molar-refractivity contribution in [2.75, 3.05) is 18.5 Å². The maximum absolute atomic E-state index is 12.4. The number of ether oxygens (including phenoxy) is 2. The van der Waals surface area contributed by atoms with Crippen LogP contribution in [0, 0.1) is 6.92 Å². The molecule has 1 N–H and O–H groups in total. The Morgan fingerprint density at radius 3 is 2.78 bits per heavy atom. The summed E-state index contributed by atoms with van der Waals surface area (Å²) in [5.41, 5.74) is 1.49. The van der Waals surface area contributed by atoms with Crippen molar-refractivity contribution in [3.05, 3.63) is 41.0 Å². The molecule has 2 heterocycles. The van der Waals surface area contributed by atoms with Crippen LogP contribution in [-0.4, -0.2) is 34.6 Å². The molecule has 0 aliphatic rings. The third-order valence-electron chi connectivity index (χ3n) is 3.87. The molecule has 3 rings (SSSR count). The van der Waals surface area contributed by atoms with E-state index in [1.54, 1.807) is 13.8 Å². The first kappa shape index (κ1) is 18.9. The van der Waals surface area contributed by atoms with Crippen LogP contribution in [0.15, 0.2) is 30.5 Å². The van der Waals surface area contributed by atoms with Gasteiger partial charge in [-0.2, -0.15) is 0 Å². The number of amides is 1. The van der Waals surface area contributed by atoms with Crippen molar-refractivity contribution in [2.45, 2.75) is 27.3 Å². The second kappa shape index (κ2) is 8.22. The highest BCUT2D eigenvalue weighted by Crippen LogP contribution is 2.24. The molecule has 0 aliphatic heterocycles. The number of hydrogen-bond acceptors (Lipinski definition) is 6. The van der Waals surface area contributed by atoms with Gasteiger partial charge in [0.05, 0.1) is 18.9 Å². The predicted octanol–water partition coefficient (Wildman–Crippen LogP) is 3.62. The Kier molecular flexibility index (Phi) is 5.75. The lowest BCUT2D eigenvalue weighted by atomic mass is 10.2. The van der Waals surface area contributed by atoms with Crippen LogP contribution in [0.4, 0.5) is 5.13 Å². The summed E-state index contributed by atoms with van der Waals surface area (Å²) in [6.45, 7) is 6.45. The van der Waals surface area contributed by atoms with Crippen LogP contribution in [0.25, 0.3) is 10.9 Å². The second-order valence-corrected chi connectivity index (χ2v) is 6.80. The van der Waals surface area contributed by atoms with Crippen molar-refractivity contribution < 1.29 is 19.1 Å². The Morgan fingerprint density at radius 1 is 1.22 bits per heavy atom. The molecule has 0 aliphatic carbocycles. The molecule has 1 aromatic carbocycles. The molecule has 1 amide bonds. The third kappa shape index (κ3) is 4.28. The molecule has 0 unspecified atom stereocenters. The fraction of sp³-hybridized carbons (Fsp3) is 0.316. The number of esters is 1. The minimum atomic E-state index is -0.422. The van der Waals surface area contributed by atoms with Crippen molar-refractivity contribution in [3.8, 4) is 5.75 Å². The largest absolute Gasteiger partial charge is 0.494 e. The van der Waals surface area contributed by atoms with E-state index < -0.39 is 5.97 Å². The van der Waals surface area contributed by atoms with Crippen LogP contribution in [0.2, 0.25) is 0 Å². The highest BCUT2D eigenvalue weighted by Gasteiger charge is 2.17. The minimum Gasteiger partial charge on any atom is -0.494 e. The van der Waals surface area contributed by atoms with E-state index in [0.29, 0.717) is 28.9 Å². The smallest absolute Gasteiger partial charge is 0.350 e. The first-order valence-electron chi connectivity index (χ1n) is 8.68. The van der Waals surface area contributed by atoms with Crippen LogP contribution in [0.3, 0.4) is 0 Å². The lowest BCUT2D eigenvalue weighted by Gasteiger charge is -2.07. The lowest BCUT2D eigenvalue weighted by molar-refractivity contribution is -0.116. The number of rotatable bonds is 7. The maximum Gasteiger partial charge on any atom is 0.350 e. The number of nitrogens with zero attached hydrogens (tertiary/aromatic N) is 2. The highest BCUT2D eigenvalue weighted by molar-refractivity contribution is 7.17. The third-order valence-corrected chi connectivity index (χ3v) is 4.92. The first-order valence-corrected chi connectivity index (χ1v) is 9.49. The van der Waals surface area contributed by atoms with Crippen LogP contribution in [-0.2, 0) is 16.1 Å². The van der Waals surface area contributed by atoms with Crippen molar-refractivity contribution in [1.82, 2.24) is 9.55 Å². The van der Waals surface area contributed by atoms with Crippen LogP contribution in [0.5, 0.6) is 5.75 Å². The van der Waals surface area contributed by atoms with Gasteiger partial charge in [-0.3, -0.25) is 4.79 Å². The Bertz CT molecular complexity index is 977. The fourth-order valence-corrected chi connectivity index (χ4v) is 3.60. The topological polar surface area (TPSA) is 82.5 Å². The number of nitrogens with one attached hydrogen (secondary N) is 1. The van der Waals surface area contributed by atoms with Gasteiger partial charge < -0.3 is 19.4 Å².